The van der Waals surface area contributed by atoms with E-state index in [1.54, 1.807) is 0 Å². The maximum atomic E-state index is 13.1. The quantitative estimate of drug-likeness (QED) is 0.652. The van der Waals surface area contributed by atoms with Crippen LogP contribution in [0.5, 0.6) is 0 Å². The van der Waals surface area contributed by atoms with E-state index < -0.39 is 11.6 Å². The van der Waals surface area contributed by atoms with E-state index in [4.69, 9.17) is 0 Å². The molecule has 2 atom stereocenters. The predicted molar refractivity (Wildman–Crippen MR) is 123 cm³/mol. The molecule has 2 fully saturated rings. The summed E-state index contributed by atoms with van der Waals surface area (Å²) < 4.78 is 0. The number of carbonyl (C=O) groups excluding carboxylic acids is 3. The molecule has 2 aromatic carbocycles. The maximum absolute atomic E-state index is 13.1. The Bertz CT molecular complexity index is 923. The minimum absolute atomic E-state index is 0.0817. The van der Waals surface area contributed by atoms with Crippen LogP contribution in [0.2, 0.25) is 0 Å². The standard InChI is InChI=1S/C26H31N3O3/c1-19-10-8-9-16-26(19)24(31)29(25(32)28-26)18-23(30)27-17-15-22(20-11-4-2-5-12-20)21-13-6-3-7-14-21/h2-7,11-14,19,22H,8-10,15-18H2,1H3,(H,27,30)(H,28,32). The summed E-state index contributed by atoms with van der Waals surface area (Å²) in [6.45, 7) is 2.23. The molecule has 4 rings (SSSR count). The lowest BCUT2D eigenvalue weighted by atomic mass is 9.73. The number of hydrogen-bond acceptors (Lipinski definition) is 3. The summed E-state index contributed by atoms with van der Waals surface area (Å²) in [6.07, 6.45) is 4.26. The highest BCUT2D eigenvalue weighted by molar-refractivity contribution is 6.09. The van der Waals surface area contributed by atoms with E-state index >= 15 is 0 Å². The van der Waals surface area contributed by atoms with Crippen LogP contribution in [0.15, 0.2) is 60.7 Å². The van der Waals surface area contributed by atoms with Gasteiger partial charge in [0, 0.05) is 12.5 Å². The second kappa shape index (κ2) is 9.55. The third-order valence-corrected chi connectivity index (χ3v) is 6.96. The zero-order valence-corrected chi connectivity index (χ0v) is 18.5. The first-order valence-corrected chi connectivity index (χ1v) is 11.5. The Morgan fingerprint density at radius 2 is 1.69 bits per heavy atom. The van der Waals surface area contributed by atoms with Crippen molar-refractivity contribution in [2.45, 2.75) is 50.5 Å². The first kappa shape index (κ1) is 22.1. The van der Waals surface area contributed by atoms with E-state index in [0.717, 1.165) is 30.6 Å². The maximum Gasteiger partial charge on any atom is 0.325 e. The molecular weight excluding hydrogens is 402 g/mol. The van der Waals surface area contributed by atoms with Crippen molar-refractivity contribution in [3.05, 3.63) is 71.8 Å². The number of amides is 4. The summed E-state index contributed by atoms with van der Waals surface area (Å²) in [5.74, 6) is -0.329. The number of nitrogens with zero attached hydrogens (tertiary/aromatic N) is 1. The van der Waals surface area contributed by atoms with Gasteiger partial charge in [0.05, 0.1) is 0 Å². The molecule has 4 amide bonds. The summed E-state index contributed by atoms with van der Waals surface area (Å²) in [5, 5.41) is 5.81. The fourth-order valence-corrected chi connectivity index (χ4v) is 5.09. The fraction of sp³-hybridized carbons (Fsp3) is 0.423. The predicted octanol–water partition coefficient (Wildman–Crippen LogP) is 3.83. The minimum atomic E-state index is -0.832. The Labute approximate surface area is 189 Å². The number of benzene rings is 2. The van der Waals surface area contributed by atoms with Gasteiger partial charge < -0.3 is 10.6 Å². The third kappa shape index (κ3) is 4.40. The smallest absolute Gasteiger partial charge is 0.325 e. The number of imide groups is 1. The molecule has 168 valence electrons. The molecule has 0 aromatic heterocycles. The van der Waals surface area contributed by atoms with E-state index in [-0.39, 0.29) is 30.2 Å². The zero-order valence-electron chi connectivity index (χ0n) is 18.5. The summed E-state index contributed by atoms with van der Waals surface area (Å²) in [6, 6.07) is 20.0. The first-order valence-electron chi connectivity index (χ1n) is 11.5. The van der Waals surface area contributed by atoms with Gasteiger partial charge in [0.2, 0.25) is 5.91 Å². The molecule has 0 bridgehead atoms. The molecule has 0 radical (unpaired) electrons. The molecule has 32 heavy (non-hydrogen) atoms. The van der Waals surface area contributed by atoms with Crippen LogP contribution in [0.1, 0.15) is 56.1 Å². The molecule has 1 spiro atoms. The van der Waals surface area contributed by atoms with Gasteiger partial charge in [-0.3, -0.25) is 14.5 Å². The lowest BCUT2D eigenvalue weighted by Crippen LogP contribution is -2.54. The van der Waals surface area contributed by atoms with E-state index in [9.17, 15) is 14.4 Å². The van der Waals surface area contributed by atoms with Crippen LogP contribution in [0.25, 0.3) is 0 Å². The fourth-order valence-electron chi connectivity index (χ4n) is 5.09. The summed E-state index contributed by atoms with van der Waals surface area (Å²) in [5.41, 5.74) is 1.55. The Hall–Kier alpha value is -3.15. The van der Waals surface area contributed by atoms with Crippen molar-refractivity contribution in [3.8, 4) is 0 Å². The van der Waals surface area contributed by atoms with Crippen molar-refractivity contribution in [2.75, 3.05) is 13.1 Å². The largest absolute Gasteiger partial charge is 0.355 e. The summed E-state index contributed by atoms with van der Waals surface area (Å²) in [7, 11) is 0. The molecule has 6 heteroatoms. The molecule has 1 aliphatic heterocycles. The zero-order chi connectivity index (χ0) is 22.6. The molecule has 6 nitrogen and oxygen atoms in total. The average Bonchev–Trinajstić information content (AvgIpc) is 3.05. The lowest BCUT2D eigenvalue weighted by Gasteiger charge is -2.36. The van der Waals surface area contributed by atoms with Gasteiger partial charge >= 0.3 is 6.03 Å². The molecule has 1 saturated carbocycles. The second-order valence-corrected chi connectivity index (χ2v) is 8.95. The van der Waals surface area contributed by atoms with Gasteiger partial charge in [0.1, 0.15) is 12.1 Å². The van der Waals surface area contributed by atoms with Crippen LogP contribution in [-0.4, -0.2) is 41.4 Å². The molecule has 2 N–H and O–H groups in total. The number of carbonyl (C=O) groups is 3. The van der Waals surface area contributed by atoms with Gasteiger partial charge in [-0.25, -0.2) is 4.79 Å². The highest BCUT2D eigenvalue weighted by Crippen LogP contribution is 2.38. The second-order valence-electron chi connectivity index (χ2n) is 8.95. The van der Waals surface area contributed by atoms with Gasteiger partial charge in [-0.05, 0) is 36.3 Å². The van der Waals surface area contributed by atoms with Crippen molar-refractivity contribution in [1.82, 2.24) is 15.5 Å². The third-order valence-electron chi connectivity index (χ3n) is 6.96. The molecule has 1 aliphatic carbocycles. The summed E-state index contributed by atoms with van der Waals surface area (Å²) >= 11 is 0. The van der Waals surface area contributed by atoms with E-state index in [1.807, 2.05) is 43.3 Å². The van der Waals surface area contributed by atoms with Crippen LogP contribution in [-0.2, 0) is 9.59 Å². The first-order chi connectivity index (χ1) is 15.5. The van der Waals surface area contributed by atoms with Crippen molar-refractivity contribution < 1.29 is 14.4 Å². The molecule has 2 unspecified atom stereocenters. The van der Waals surface area contributed by atoms with Crippen LogP contribution in [0, 0.1) is 5.92 Å². The van der Waals surface area contributed by atoms with Crippen LogP contribution in [0.3, 0.4) is 0 Å². The molecule has 1 heterocycles. The van der Waals surface area contributed by atoms with Crippen molar-refractivity contribution in [1.29, 1.82) is 0 Å². The normalized spacial score (nSPS) is 22.9. The molecule has 1 saturated heterocycles. The summed E-state index contributed by atoms with van der Waals surface area (Å²) in [4.78, 5) is 39.3. The van der Waals surface area contributed by atoms with Crippen LogP contribution < -0.4 is 10.6 Å². The Kier molecular flexibility index (Phi) is 6.58. The van der Waals surface area contributed by atoms with Gasteiger partial charge in [-0.1, -0.05) is 80.4 Å². The minimum Gasteiger partial charge on any atom is -0.355 e. The number of urea groups is 1. The average molecular weight is 434 g/mol. The highest BCUT2D eigenvalue weighted by Gasteiger charge is 2.55. The van der Waals surface area contributed by atoms with Crippen molar-refractivity contribution >= 4 is 17.8 Å². The van der Waals surface area contributed by atoms with Crippen LogP contribution >= 0.6 is 0 Å². The number of rotatable bonds is 7. The van der Waals surface area contributed by atoms with Gasteiger partial charge in [-0.2, -0.15) is 0 Å². The Morgan fingerprint density at radius 3 is 2.28 bits per heavy atom. The van der Waals surface area contributed by atoms with Gasteiger partial charge in [0.15, 0.2) is 0 Å². The highest BCUT2D eigenvalue weighted by atomic mass is 16.2. The molecule has 2 aliphatic rings. The van der Waals surface area contributed by atoms with Crippen LogP contribution in [0.4, 0.5) is 4.79 Å². The van der Waals surface area contributed by atoms with E-state index in [1.165, 1.54) is 11.1 Å². The molecule has 2 aromatic rings. The topological polar surface area (TPSA) is 78.5 Å². The SMILES string of the molecule is CC1CCCCC12NC(=O)N(CC(=O)NCCC(c1ccccc1)c1ccccc1)C2=O. The lowest BCUT2D eigenvalue weighted by molar-refractivity contribution is -0.137. The monoisotopic (exact) mass is 433 g/mol. The van der Waals surface area contributed by atoms with E-state index in [2.05, 4.69) is 34.9 Å². The molecular formula is C26H31N3O3. The Balaban J connectivity index is 1.36. The number of hydrogen-bond donors (Lipinski definition) is 2. The Morgan fingerprint density at radius 1 is 1.06 bits per heavy atom. The van der Waals surface area contributed by atoms with Gasteiger partial charge in [0.25, 0.3) is 5.91 Å². The van der Waals surface area contributed by atoms with Gasteiger partial charge in [-0.15, -0.1) is 0 Å². The number of nitrogens with one attached hydrogen (secondary N) is 2. The van der Waals surface area contributed by atoms with E-state index in [0.29, 0.717) is 13.0 Å². The van der Waals surface area contributed by atoms with Crippen molar-refractivity contribution in [3.63, 3.8) is 0 Å². The van der Waals surface area contributed by atoms with Crippen molar-refractivity contribution in [2.24, 2.45) is 5.92 Å².